The number of hydrazone groups is 1. The van der Waals surface area contributed by atoms with Crippen molar-refractivity contribution in [1.29, 1.82) is 0 Å². The lowest BCUT2D eigenvalue weighted by atomic mass is 10.3. The SMILES string of the molecule is COc1ccc(Cl)cc1N/N=C(C)\C(C)=N\O. The number of hydrogen-bond acceptors (Lipinski definition) is 5. The largest absolute Gasteiger partial charge is 0.495 e. The van der Waals surface area contributed by atoms with E-state index < -0.39 is 0 Å². The van der Waals surface area contributed by atoms with Crippen molar-refractivity contribution in [2.75, 3.05) is 12.5 Å². The highest BCUT2D eigenvalue weighted by Gasteiger charge is 2.03. The molecule has 0 amide bonds. The summed E-state index contributed by atoms with van der Waals surface area (Å²) in [7, 11) is 1.56. The molecule has 0 aliphatic heterocycles. The van der Waals surface area contributed by atoms with Crippen LogP contribution in [0.4, 0.5) is 5.69 Å². The van der Waals surface area contributed by atoms with Crippen molar-refractivity contribution in [2.24, 2.45) is 10.3 Å². The summed E-state index contributed by atoms with van der Waals surface area (Å²) in [4.78, 5) is 0. The van der Waals surface area contributed by atoms with Crippen molar-refractivity contribution in [1.82, 2.24) is 0 Å². The molecule has 2 N–H and O–H groups in total. The molecular weight excluding hydrogens is 242 g/mol. The molecule has 0 spiro atoms. The van der Waals surface area contributed by atoms with Gasteiger partial charge in [0.05, 0.1) is 24.2 Å². The molecule has 17 heavy (non-hydrogen) atoms. The van der Waals surface area contributed by atoms with Crippen LogP contribution in [0.3, 0.4) is 0 Å². The lowest BCUT2D eigenvalue weighted by Gasteiger charge is -2.08. The van der Waals surface area contributed by atoms with Crippen LogP contribution in [0.5, 0.6) is 5.75 Å². The maximum absolute atomic E-state index is 8.58. The maximum Gasteiger partial charge on any atom is 0.143 e. The highest BCUT2D eigenvalue weighted by molar-refractivity contribution is 6.40. The Morgan fingerprint density at radius 2 is 2.06 bits per heavy atom. The summed E-state index contributed by atoms with van der Waals surface area (Å²) >= 11 is 5.87. The van der Waals surface area contributed by atoms with Crippen LogP contribution in [0, 0.1) is 0 Å². The third-order valence-electron chi connectivity index (χ3n) is 2.18. The molecule has 1 aromatic rings. The molecule has 1 aromatic carbocycles. The highest BCUT2D eigenvalue weighted by atomic mass is 35.5. The van der Waals surface area contributed by atoms with Gasteiger partial charge in [0.1, 0.15) is 5.75 Å². The minimum absolute atomic E-state index is 0.429. The molecule has 0 unspecified atom stereocenters. The molecule has 1 rings (SSSR count). The first kappa shape index (κ1) is 13.3. The zero-order valence-corrected chi connectivity index (χ0v) is 10.6. The minimum atomic E-state index is 0.429. The molecule has 0 saturated heterocycles. The predicted octanol–water partition coefficient (Wildman–Crippen LogP) is 2.99. The van der Waals surface area contributed by atoms with Crippen LogP contribution < -0.4 is 10.2 Å². The Hall–Kier alpha value is -1.75. The fraction of sp³-hybridized carbons (Fsp3) is 0.273. The van der Waals surface area contributed by atoms with Gasteiger partial charge in [-0.25, -0.2) is 0 Å². The van der Waals surface area contributed by atoms with E-state index in [0.29, 0.717) is 27.9 Å². The third-order valence-corrected chi connectivity index (χ3v) is 2.41. The van der Waals surface area contributed by atoms with E-state index >= 15 is 0 Å². The van der Waals surface area contributed by atoms with Gasteiger partial charge >= 0.3 is 0 Å². The number of ether oxygens (including phenoxy) is 1. The summed E-state index contributed by atoms with van der Waals surface area (Å²) in [5.41, 5.74) is 4.44. The Morgan fingerprint density at radius 3 is 2.65 bits per heavy atom. The van der Waals surface area contributed by atoms with Gasteiger partial charge in [-0.15, -0.1) is 0 Å². The summed E-state index contributed by atoms with van der Waals surface area (Å²) in [6.45, 7) is 3.37. The van der Waals surface area contributed by atoms with E-state index in [0.717, 1.165) is 0 Å². The number of methoxy groups -OCH3 is 1. The van der Waals surface area contributed by atoms with Crippen LogP contribution >= 0.6 is 11.6 Å². The number of oxime groups is 1. The average Bonchev–Trinajstić information content (AvgIpc) is 2.35. The van der Waals surface area contributed by atoms with E-state index in [1.54, 1.807) is 39.2 Å². The summed E-state index contributed by atoms with van der Waals surface area (Å²) in [5.74, 6) is 0.629. The van der Waals surface area contributed by atoms with Crippen molar-refractivity contribution in [3.05, 3.63) is 23.2 Å². The van der Waals surface area contributed by atoms with Gasteiger partial charge in [0, 0.05) is 5.02 Å². The third kappa shape index (κ3) is 3.64. The highest BCUT2D eigenvalue weighted by Crippen LogP contribution is 2.27. The first-order valence-corrected chi connectivity index (χ1v) is 5.29. The van der Waals surface area contributed by atoms with Crippen LogP contribution in [0.1, 0.15) is 13.8 Å². The molecule has 5 nitrogen and oxygen atoms in total. The molecule has 0 saturated carbocycles. The smallest absolute Gasteiger partial charge is 0.143 e. The van der Waals surface area contributed by atoms with E-state index in [2.05, 4.69) is 15.7 Å². The monoisotopic (exact) mass is 255 g/mol. The molecule has 0 aromatic heterocycles. The number of benzene rings is 1. The zero-order valence-electron chi connectivity index (χ0n) is 9.86. The number of halogens is 1. The lowest BCUT2D eigenvalue weighted by molar-refractivity contribution is 0.320. The van der Waals surface area contributed by atoms with Gasteiger partial charge in [0.25, 0.3) is 0 Å². The van der Waals surface area contributed by atoms with Crippen LogP contribution in [0.15, 0.2) is 28.5 Å². The van der Waals surface area contributed by atoms with Crippen molar-refractivity contribution in [2.45, 2.75) is 13.8 Å². The number of anilines is 1. The van der Waals surface area contributed by atoms with Gasteiger partial charge in [0.2, 0.25) is 0 Å². The quantitative estimate of drug-likeness (QED) is 0.494. The standard InChI is InChI=1S/C11H14ClN3O2/c1-7(8(2)15-16)13-14-10-6-9(12)4-5-11(10)17-3/h4-6,14,16H,1-3H3/b13-7-,15-8+. The van der Waals surface area contributed by atoms with Crippen LogP contribution in [-0.2, 0) is 0 Å². The van der Waals surface area contributed by atoms with Gasteiger partial charge in [0.15, 0.2) is 0 Å². The average molecular weight is 256 g/mol. The number of hydrogen-bond donors (Lipinski definition) is 2. The molecule has 0 fully saturated rings. The molecule has 92 valence electrons. The van der Waals surface area contributed by atoms with Gasteiger partial charge in [-0.05, 0) is 32.0 Å². The maximum atomic E-state index is 8.58. The van der Waals surface area contributed by atoms with Gasteiger partial charge < -0.3 is 9.94 Å². The van der Waals surface area contributed by atoms with E-state index in [1.807, 2.05) is 0 Å². The van der Waals surface area contributed by atoms with Gasteiger partial charge in [-0.2, -0.15) is 5.10 Å². The predicted molar refractivity (Wildman–Crippen MR) is 69.6 cm³/mol. The van der Waals surface area contributed by atoms with Crippen molar-refractivity contribution >= 4 is 28.7 Å². The lowest BCUT2D eigenvalue weighted by Crippen LogP contribution is -2.08. The van der Waals surface area contributed by atoms with Crippen LogP contribution in [-0.4, -0.2) is 23.7 Å². The summed E-state index contributed by atoms with van der Waals surface area (Å²) in [5, 5.41) is 16.3. The van der Waals surface area contributed by atoms with Crippen LogP contribution in [0.25, 0.3) is 0 Å². The summed E-state index contributed by atoms with van der Waals surface area (Å²) in [6, 6.07) is 5.16. The second kappa shape index (κ2) is 6.10. The topological polar surface area (TPSA) is 66.2 Å². The summed E-state index contributed by atoms with van der Waals surface area (Å²) in [6.07, 6.45) is 0. The number of rotatable bonds is 4. The Balaban J connectivity index is 2.92. The molecule has 0 atom stereocenters. The second-order valence-corrected chi connectivity index (χ2v) is 3.78. The molecule has 0 aliphatic carbocycles. The van der Waals surface area contributed by atoms with Crippen molar-refractivity contribution in [3.63, 3.8) is 0 Å². The zero-order chi connectivity index (χ0) is 12.8. The first-order chi connectivity index (χ1) is 8.08. The van der Waals surface area contributed by atoms with Crippen molar-refractivity contribution in [3.8, 4) is 5.75 Å². The van der Waals surface area contributed by atoms with E-state index in [1.165, 1.54) is 0 Å². The normalized spacial score (nSPS) is 12.5. The molecular formula is C11H14ClN3O2. The fourth-order valence-electron chi connectivity index (χ4n) is 1.06. The van der Waals surface area contributed by atoms with E-state index in [-0.39, 0.29) is 0 Å². The molecule has 0 radical (unpaired) electrons. The summed E-state index contributed by atoms with van der Waals surface area (Å²) < 4.78 is 5.15. The molecule has 0 heterocycles. The Morgan fingerprint density at radius 1 is 1.35 bits per heavy atom. The van der Waals surface area contributed by atoms with Gasteiger partial charge in [-0.1, -0.05) is 16.8 Å². The minimum Gasteiger partial charge on any atom is -0.495 e. The van der Waals surface area contributed by atoms with E-state index in [9.17, 15) is 0 Å². The Labute approximate surface area is 105 Å². The van der Waals surface area contributed by atoms with Crippen molar-refractivity contribution < 1.29 is 9.94 Å². The van der Waals surface area contributed by atoms with Gasteiger partial charge in [-0.3, -0.25) is 5.43 Å². The number of nitrogens with one attached hydrogen (secondary N) is 1. The molecule has 0 bridgehead atoms. The Bertz CT molecular complexity index is 458. The molecule has 6 heteroatoms. The second-order valence-electron chi connectivity index (χ2n) is 3.34. The first-order valence-electron chi connectivity index (χ1n) is 4.91. The molecule has 0 aliphatic rings. The number of nitrogens with zero attached hydrogens (tertiary/aromatic N) is 2. The van der Waals surface area contributed by atoms with Crippen LogP contribution in [0.2, 0.25) is 5.02 Å². The van der Waals surface area contributed by atoms with E-state index in [4.69, 9.17) is 21.5 Å². The Kier molecular flexibility index (Phi) is 4.78. The fourth-order valence-corrected chi connectivity index (χ4v) is 1.24.